The molecule has 24 aliphatic rings. The number of Topliss-reactive ketones (excluding diaryl/α,β-unsaturated/α-hetero) is 1. The lowest BCUT2D eigenvalue weighted by molar-refractivity contribution is -0.534. The van der Waals surface area contributed by atoms with Crippen LogP contribution >= 0.6 is 0 Å². The molecule has 0 radical (unpaired) electrons. The number of nitrogens with one attached hydrogen (secondary N) is 2. The van der Waals surface area contributed by atoms with E-state index in [0.717, 1.165) is 177 Å². The Kier molecular flexibility index (Phi) is 23.3. The van der Waals surface area contributed by atoms with Gasteiger partial charge in [-0.2, -0.15) is 5.26 Å². The number of aliphatic hydroxyl groups excluding tert-OH is 1. The third-order valence-electron chi connectivity index (χ3n) is 41.8. The summed E-state index contributed by atoms with van der Waals surface area (Å²) in [6, 6.07) is 4.02. The molecule has 24 aliphatic carbocycles. The molecule has 4 amide bonds. The molecule has 4 N–H and O–H groups in total. The Labute approximate surface area is 726 Å². The fraction of sp³-hybridized carbons (Fsp3) is 0.911. The van der Waals surface area contributed by atoms with E-state index in [9.17, 15) is 63.9 Å². The molecule has 48 atom stereocenters. The number of aliphatic carboxylic acids is 1. The highest BCUT2D eigenvalue weighted by Gasteiger charge is 2.73. The molecule has 24 bridgehead atoms. The molecule has 122 heavy (non-hydrogen) atoms. The molecular formula is C101H150N6O15. The SMILES string of the molecule is CC(C)C(=O)NC1CC2CC1C1C3CC(C#N)C(C3)C21.CC(C)C(=O)OC1CC2CC1C1C3CC(C21)C([N+](=O)[O-])C3.CCC(=O)C1CC2CC1C1C3CC(C21)C(N(C)C(=O)C(C)C)C3.CCC(=O)N(C)C1CC2CC1C1C3CC(C(=O)O)C(C3)C21.CCC(=O)NC1CC2CC1C1C3CC(O)C(C3)C21.CCC(=O)OC1CC2CC1C1C3CC(OC)C(C3)C21. The lowest BCUT2D eigenvalue weighted by atomic mass is 9.65. The number of nitrogens with zero attached hydrogens (tertiary/aromatic N) is 4. The van der Waals surface area contributed by atoms with E-state index in [4.69, 9.17) is 14.2 Å². The molecule has 0 aromatic carbocycles. The van der Waals surface area contributed by atoms with Crippen LogP contribution in [0.2, 0.25) is 0 Å². The Balaban J connectivity index is 0.0000000965. The van der Waals surface area contributed by atoms with Crippen molar-refractivity contribution in [2.24, 2.45) is 249 Å². The van der Waals surface area contributed by atoms with Crippen molar-refractivity contribution in [2.45, 2.75) is 304 Å². The van der Waals surface area contributed by atoms with Crippen LogP contribution in [-0.4, -0.2) is 148 Å². The maximum Gasteiger partial charge on any atom is 0.308 e. The molecule has 48 unspecified atom stereocenters. The number of carbonyl (C=O) groups excluding carboxylic acids is 7. The number of aliphatic hydroxyl groups is 1. The largest absolute Gasteiger partial charge is 0.481 e. The highest BCUT2D eigenvalue weighted by atomic mass is 16.6. The second-order valence-electron chi connectivity index (χ2n) is 46.9. The van der Waals surface area contributed by atoms with Gasteiger partial charge in [0.2, 0.25) is 29.7 Å². The topological polar surface area (TPSA) is 302 Å². The van der Waals surface area contributed by atoms with Gasteiger partial charge in [-0.15, -0.1) is 0 Å². The molecule has 21 heteroatoms. The van der Waals surface area contributed by atoms with Crippen LogP contribution in [0, 0.1) is 270 Å². The van der Waals surface area contributed by atoms with Crippen molar-refractivity contribution in [3.8, 4) is 6.07 Å². The van der Waals surface area contributed by atoms with Crippen molar-refractivity contribution in [1.82, 2.24) is 20.4 Å². The minimum atomic E-state index is -0.571. The summed E-state index contributed by atoms with van der Waals surface area (Å²) in [5.74, 6) is 26.8. The van der Waals surface area contributed by atoms with E-state index in [-0.39, 0.29) is 82.6 Å². The molecule has 24 saturated carbocycles. The third kappa shape index (κ3) is 13.9. The monoisotopic (exact) mass is 1690 g/mol. The van der Waals surface area contributed by atoms with Crippen LogP contribution in [0.3, 0.4) is 0 Å². The predicted molar refractivity (Wildman–Crippen MR) is 455 cm³/mol. The summed E-state index contributed by atoms with van der Waals surface area (Å²) in [6.45, 7) is 19.5. The zero-order chi connectivity index (χ0) is 85.8. The van der Waals surface area contributed by atoms with Gasteiger partial charge in [-0.25, -0.2) is 0 Å². The summed E-state index contributed by atoms with van der Waals surface area (Å²) < 4.78 is 17.1. The fourth-order valence-electron chi connectivity index (χ4n) is 38.6. The highest BCUT2D eigenvalue weighted by Crippen LogP contribution is 2.75. The number of carbonyl (C=O) groups is 8. The maximum atomic E-state index is 12.4. The van der Waals surface area contributed by atoms with E-state index >= 15 is 0 Å². The molecule has 674 valence electrons. The van der Waals surface area contributed by atoms with Crippen LogP contribution in [0.15, 0.2) is 0 Å². The molecule has 0 aliphatic heterocycles. The van der Waals surface area contributed by atoms with Gasteiger partial charge in [-0.3, -0.25) is 48.5 Å². The number of esters is 2. The quantitative estimate of drug-likeness (QED) is 0.0455. The number of rotatable bonds is 17. The van der Waals surface area contributed by atoms with Gasteiger partial charge in [-0.05, 0) is 355 Å². The molecule has 0 saturated heterocycles. The fourth-order valence-corrected chi connectivity index (χ4v) is 38.6. The number of ether oxygens (including phenoxy) is 3. The molecular weight excluding hydrogens is 1540 g/mol. The first-order valence-electron chi connectivity index (χ1n) is 50.5. The van der Waals surface area contributed by atoms with Crippen LogP contribution in [0.5, 0.6) is 0 Å². The smallest absolute Gasteiger partial charge is 0.308 e. The number of hydrogen-bond acceptors (Lipinski definition) is 15. The van der Waals surface area contributed by atoms with E-state index in [1.165, 1.54) is 83.5 Å². The van der Waals surface area contributed by atoms with E-state index in [1.807, 2.05) is 95.3 Å². The standard InChI is InChI=1S/C20H31NO2.C17H24N2O.C17H25NO3.C16H23NO4.C16H24O3.C15H23NO2/c1-5-17(22)13-6-11-7-14(13)18-12-8-15(19(11)18)16(9-12)21(4)20(23)10(2)3;1-8(2)17(20)19-14-6-10-5-13(14)16-9-3-11(7-18)12(4-9)15(10)16;1-3-14(19)18(2)13-7-9-6-12(13)16-8-4-10(15(9)16)11(5-8)17(20)21;1-7(2)16(18)21-13-6-9-4-11(13)15-8-3-10(14(9)15)12(5-8)17(19)20;1-3-14(17)19-13-7-9-5-11(13)16-8-4-10(15(9)16)12(6-8)18-2;1-2-13(18)16-11-5-7-3-9(11)14-8-4-10(15(7)14)12(17)6-8/h10-16,18-19H,5-9H2,1-4H3;8-16H,3-6H2,1-2H3,(H,19,20);8-13,15-16H,3-7H2,1-2H3,(H,20,21);7-15H,3-6H2,1-2H3;8-13,15-16H,3-7H2,1-2H3;7-12,14-15,17H,2-6H2,1H3,(H,16,18). The predicted octanol–water partition coefficient (Wildman–Crippen LogP) is 14.9. The van der Waals surface area contributed by atoms with Crippen molar-refractivity contribution in [3.63, 3.8) is 0 Å². The zero-order valence-corrected chi connectivity index (χ0v) is 75.7. The van der Waals surface area contributed by atoms with Crippen LogP contribution in [0.4, 0.5) is 0 Å². The van der Waals surface area contributed by atoms with Crippen molar-refractivity contribution in [1.29, 1.82) is 5.26 Å². The second kappa shape index (κ2) is 33.1. The maximum absolute atomic E-state index is 12.4. The minimum absolute atomic E-state index is 0.00738. The van der Waals surface area contributed by atoms with Crippen LogP contribution in [0.1, 0.15) is 249 Å². The first kappa shape index (κ1) is 86.2. The van der Waals surface area contributed by atoms with Crippen LogP contribution in [0.25, 0.3) is 0 Å². The summed E-state index contributed by atoms with van der Waals surface area (Å²) >= 11 is 0. The van der Waals surface area contributed by atoms with Gasteiger partial charge in [0.15, 0.2) is 0 Å². The van der Waals surface area contributed by atoms with Gasteiger partial charge >= 0.3 is 17.9 Å². The Morgan fingerprint density at radius 3 is 1.36 bits per heavy atom. The number of fused-ring (bicyclic) bond motifs is 54. The number of carboxylic acids is 1. The number of hydrogen-bond donors (Lipinski definition) is 4. The summed E-state index contributed by atoms with van der Waals surface area (Å²) in [7, 11) is 5.87. The molecule has 24 rings (SSSR count). The lowest BCUT2D eigenvalue weighted by Gasteiger charge is -2.44. The number of amides is 4. The summed E-state index contributed by atoms with van der Waals surface area (Å²) in [5, 5.41) is 46.5. The van der Waals surface area contributed by atoms with Crippen molar-refractivity contribution in [2.75, 3.05) is 21.2 Å². The molecule has 21 nitrogen and oxygen atoms in total. The Bertz CT molecular complexity index is 4070. The third-order valence-corrected chi connectivity index (χ3v) is 41.8. The summed E-state index contributed by atoms with van der Waals surface area (Å²) in [5.41, 5.74) is 0. The highest BCUT2D eigenvalue weighted by molar-refractivity contribution is 5.82. The molecule has 0 aromatic heterocycles. The van der Waals surface area contributed by atoms with Crippen molar-refractivity contribution < 1.29 is 67.7 Å². The summed E-state index contributed by atoms with van der Waals surface area (Å²) in [4.78, 5) is 110. The van der Waals surface area contributed by atoms with Gasteiger partial charge < -0.3 is 44.9 Å². The van der Waals surface area contributed by atoms with Gasteiger partial charge in [0.25, 0.3) is 0 Å². The molecule has 0 spiro atoms. The van der Waals surface area contributed by atoms with Gasteiger partial charge in [0.1, 0.15) is 18.0 Å². The lowest BCUT2D eigenvalue weighted by Crippen LogP contribution is -2.48. The minimum Gasteiger partial charge on any atom is -0.481 e. The Morgan fingerprint density at radius 1 is 0.426 bits per heavy atom. The van der Waals surface area contributed by atoms with E-state index in [0.29, 0.717) is 186 Å². The van der Waals surface area contributed by atoms with Crippen molar-refractivity contribution >= 4 is 47.3 Å². The number of carboxylic acid groups (broad SMARTS) is 1. The Morgan fingerprint density at radius 2 is 0.836 bits per heavy atom. The first-order chi connectivity index (χ1) is 58.4. The molecule has 0 aromatic rings. The van der Waals surface area contributed by atoms with Gasteiger partial charge in [0, 0.05) is 112 Å². The molecule has 0 heterocycles. The van der Waals surface area contributed by atoms with Gasteiger partial charge in [-0.1, -0.05) is 69.2 Å². The second-order valence-corrected chi connectivity index (χ2v) is 46.9. The average molecular weight is 1690 g/mol. The van der Waals surface area contributed by atoms with E-state index in [2.05, 4.69) is 21.6 Å². The van der Waals surface area contributed by atoms with Gasteiger partial charge in [0.05, 0.1) is 30.1 Å². The van der Waals surface area contributed by atoms with Crippen molar-refractivity contribution in [3.05, 3.63) is 10.1 Å². The van der Waals surface area contributed by atoms with E-state index in [1.54, 1.807) is 0 Å². The Hall–Kier alpha value is -5.23. The first-order valence-corrected chi connectivity index (χ1v) is 50.5. The van der Waals surface area contributed by atoms with Crippen LogP contribution in [-0.2, 0) is 52.6 Å². The number of ketones is 1. The zero-order valence-electron chi connectivity index (χ0n) is 75.7. The van der Waals surface area contributed by atoms with E-state index < -0.39 is 5.97 Å². The number of methoxy groups -OCH3 is 1. The number of nitro groups is 1. The molecule has 24 fully saturated rings. The summed E-state index contributed by atoms with van der Waals surface area (Å²) in [6.07, 6.45) is 31.2. The normalized spacial score (nSPS) is 50.8. The van der Waals surface area contributed by atoms with Crippen LogP contribution < -0.4 is 10.6 Å². The average Bonchev–Trinajstić information content (AvgIpc) is 1.54. The number of nitriles is 1.